The molecular weight excluding hydrogens is 394 g/mol. The highest BCUT2D eigenvalue weighted by Crippen LogP contribution is 2.40. The van der Waals surface area contributed by atoms with Gasteiger partial charge in [0.1, 0.15) is 11.6 Å². The molecule has 0 bridgehead atoms. The Kier molecular flexibility index (Phi) is 7.91. The minimum absolute atomic E-state index is 0.116. The summed E-state index contributed by atoms with van der Waals surface area (Å²) in [6.45, 7) is 2.13. The molecule has 0 saturated carbocycles. The molecule has 0 amide bonds. The Morgan fingerprint density at radius 2 is 1.97 bits per heavy atom. The van der Waals surface area contributed by atoms with Gasteiger partial charge in [-0.15, -0.1) is 11.3 Å². The van der Waals surface area contributed by atoms with Gasteiger partial charge in [-0.2, -0.15) is 0 Å². The number of Topliss-reactive ketones (excluding diaryl/α,β-unsaturated/α-hetero) is 1. The third-order valence-corrected chi connectivity index (χ3v) is 6.30. The summed E-state index contributed by atoms with van der Waals surface area (Å²) in [4.78, 5) is 31.0. The van der Waals surface area contributed by atoms with E-state index in [2.05, 4.69) is 17.5 Å². The van der Waals surface area contributed by atoms with Crippen molar-refractivity contribution in [3.8, 4) is 11.1 Å². The van der Waals surface area contributed by atoms with E-state index >= 15 is 0 Å². The van der Waals surface area contributed by atoms with Crippen LogP contribution in [0, 0.1) is 0 Å². The molecule has 30 heavy (non-hydrogen) atoms. The van der Waals surface area contributed by atoms with E-state index in [-0.39, 0.29) is 5.78 Å². The predicted octanol–water partition coefficient (Wildman–Crippen LogP) is 6.24. The lowest BCUT2D eigenvalue weighted by Crippen LogP contribution is -2.34. The van der Waals surface area contributed by atoms with E-state index in [1.165, 1.54) is 11.3 Å². The lowest BCUT2D eigenvalue weighted by atomic mass is 9.80. The van der Waals surface area contributed by atoms with Gasteiger partial charge in [0.25, 0.3) is 0 Å². The summed E-state index contributed by atoms with van der Waals surface area (Å²) in [6.07, 6.45) is 13.7. The van der Waals surface area contributed by atoms with Gasteiger partial charge in [0.15, 0.2) is 5.78 Å². The quantitative estimate of drug-likeness (QED) is 0.197. The van der Waals surface area contributed by atoms with Crippen molar-refractivity contribution in [3.05, 3.63) is 71.0 Å². The maximum atomic E-state index is 13.0. The van der Waals surface area contributed by atoms with Crippen LogP contribution in [0.5, 0.6) is 0 Å². The number of unbranched alkanes of at least 4 members (excludes halogenated alkanes) is 3. The second-order valence-electron chi connectivity index (χ2n) is 7.42. The highest BCUT2D eigenvalue weighted by molar-refractivity contribution is 7.10. The molecule has 5 heteroatoms. The smallest absolute Gasteiger partial charge is 0.317 e. The zero-order valence-corrected chi connectivity index (χ0v) is 18.1. The Morgan fingerprint density at radius 1 is 1.13 bits per heavy atom. The fraction of sp³-hybridized carbons (Fsp3) is 0.320. The molecule has 1 aliphatic rings. The number of ketones is 1. The third-order valence-electron chi connectivity index (χ3n) is 5.19. The molecule has 0 spiro atoms. The largest absolute Gasteiger partial charge is 0.350 e. The van der Waals surface area contributed by atoms with E-state index in [1.54, 1.807) is 0 Å². The lowest BCUT2D eigenvalue weighted by molar-refractivity contribution is -0.148. The monoisotopic (exact) mass is 421 g/mol. The Morgan fingerprint density at radius 3 is 2.70 bits per heavy atom. The topological polar surface area (TPSA) is 55.7 Å². The SMILES string of the molecule is CCCCCCC(=O)C=NOC(=O)C1(c2cc(-c3ccccc3)cs2)C=CC=CC1. The summed E-state index contributed by atoms with van der Waals surface area (Å²) in [7, 11) is 0. The summed E-state index contributed by atoms with van der Waals surface area (Å²) in [6, 6.07) is 12.1. The Hall–Kier alpha value is -2.79. The number of carbonyl (C=O) groups is 2. The minimum Gasteiger partial charge on any atom is -0.317 e. The average Bonchev–Trinajstić information content (AvgIpc) is 3.29. The second kappa shape index (κ2) is 10.8. The molecule has 1 aromatic heterocycles. The van der Waals surface area contributed by atoms with Crippen molar-refractivity contribution in [2.45, 2.75) is 50.9 Å². The molecular formula is C25H27NO3S. The molecule has 1 heterocycles. The number of benzene rings is 1. The molecule has 1 atom stereocenters. The van der Waals surface area contributed by atoms with Crippen LogP contribution in [-0.4, -0.2) is 18.0 Å². The van der Waals surface area contributed by atoms with Gasteiger partial charge in [0.2, 0.25) is 0 Å². The van der Waals surface area contributed by atoms with Gasteiger partial charge in [-0.25, -0.2) is 4.79 Å². The van der Waals surface area contributed by atoms with Gasteiger partial charge in [0.05, 0.1) is 0 Å². The van der Waals surface area contributed by atoms with Crippen LogP contribution in [0.15, 0.2) is 71.2 Å². The van der Waals surface area contributed by atoms with E-state index in [1.807, 2.05) is 60.7 Å². The van der Waals surface area contributed by atoms with Crippen molar-refractivity contribution in [1.29, 1.82) is 0 Å². The summed E-state index contributed by atoms with van der Waals surface area (Å²) < 4.78 is 0. The van der Waals surface area contributed by atoms with Crippen molar-refractivity contribution in [3.63, 3.8) is 0 Å². The van der Waals surface area contributed by atoms with Crippen LogP contribution in [-0.2, 0) is 19.8 Å². The molecule has 156 valence electrons. The van der Waals surface area contributed by atoms with Crippen molar-refractivity contribution in [2.75, 3.05) is 0 Å². The molecule has 0 radical (unpaired) electrons. The van der Waals surface area contributed by atoms with Crippen molar-refractivity contribution in [2.24, 2.45) is 5.16 Å². The number of allylic oxidation sites excluding steroid dienone is 3. The van der Waals surface area contributed by atoms with E-state index in [0.29, 0.717) is 12.8 Å². The molecule has 0 fully saturated rings. The average molecular weight is 422 g/mol. The first kappa shape index (κ1) is 21.9. The first-order chi connectivity index (χ1) is 14.7. The zero-order valence-electron chi connectivity index (χ0n) is 17.3. The van der Waals surface area contributed by atoms with Crippen LogP contribution in [0.2, 0.25) is 0 Å². The number of hydrogen-bond donors (Lipinski definition) is 0. The van der Waals surface area contributed by atoms with Crippen LogP contribution < -0.4 is 0 Å². The zero-order chi connectivity index (χ0) is 21.2. The van der Waals surface area contributed by atoms with Crippen molar-refractivity contribution >= 4 is 29.3 Å². The van der Waals surface area contributed by atoms with Crippen LogP contribution in [0.3, 0.4) is 0 Å². The number of hydrogen-bond acceptors (Lipinski definition) is 5. The molecule has 4 nitrogen and oxygen atoms in total. The molecule has 0 N–H and O–H groups in total. The van der Waals surface area contributed by atoms with Crippen LogP contribution in [0.4, 0.5) is 0 Å². The van der Waals surface area contributed by atoms with Gasteiger partial charge in [-0.05, 0) is 35.4 Å². The standard InChI is InChI=1S/C25H27NO3S/c1-2-3-4-9-14-22(27)18-26-29-24(28)25(15-10-6-11-16-25)23-17-21(19-30-23)20-12-7-5-8-13-20/h5-8,10-13,15,17-19H,2-4,9,14,16H2,1H3. The van der Waals surface area contributed by atoms with E-state index in [9.17, 15) is 9.59 Å². The van der Waals surface area contributed by atoms with Crippen molar-refractivity contribution < 1.29 is 14.4 Å². The number of rotatable bonds is 10. The molecule has 1 aliphatic carbocycles. The van der Waals surface area contributed by atoms with Gasteiger partial charge < -0.3 is 4.84 Å². The molecule has 0 aliphatic heterocycles. The number of thiophene rings is 1. The molecule has 0 saturated heterocycles. The van der Waals surface area contributed by atoms with Crippen molar-refractivity contribution in [1.82, 2.24) is 0 Å². The van der Waals surface area contributed by atoms with Gasteiger partial charge in [-0.1, -0.05) is 86.0 Å². The number of carbonyl (C=O) groups excluding carboxylic acids is 2. The molecule has 1 aromatic carbocycles. The normalized spacial score (nSPS) is 18.0. The first-order valence-electron chi connectivity index (χ1n) is 10.4. The van der Waals surface area contributed by atoms with Crippen LogP contribution in [0.1, 0.15) is 50.3 Å². The van der Waals surface area contributed by atoms with Gasteiger partial charge in [0, 0.05) is 11.3 Å². The third kappa shape index (κ3) is 5.42. The Labute approximate surface area is 182 Å². The van der Waals surface area contributed by atoms with Gasteiger partial charge in [-0.3, -0.25) is 4.79 Å². The second-order valence-corrected chi connectivity index (χ2v) is 8.33. The fourth-order valence-electron chi connectivity index (χ4n) is 3.41. The van der Waals surface area contributed by atoms with Crippen LogP contribution >= 0.6 is 11.3 Å². The van der Waals surface area contributed by atoms with E-state index in [0.717, 1.165) is 47.9 Å². The van der Waals surface area contributed by atoms with Crippen LogP contribution in [0.25, 0.3) is 11.1 Å². The highest BCUT2D eigenvalue weighted by Gasteiger charge is 2.41. The maximum Gasteiger partial charge on any atom is 0.350 e. The predicted molar refractivity (Wildman–Crippen MR) is 123 cm³/mol. The summed E-state index contributed by atoms with van der Waals surface area (Å²) in [5.41, 5.74) is 1.25. The molecule has 3 rings (SSSR count). The number of oxime groups is 1. The molecule has 1 unspecified atom stereocenters. The molecule has 2 aromatic rings. The highest BCUT2D eigenvalue weighted by atomic mass is 32.1. The van der Waals surface area contributed by atoms with E-state index < -0.39 is 11.4 Å². The first-order valence-corrected chi connectivity index (χ1v) is 11.3. The summed E-state index contributed by atoms with van der Waals surface area (Å²) >= 11 is 1.53. The minimum atomic E-state index is -0.923. The maximum absolute atomic E-state index is 13.0. The Balaban J connectivity index is 1.70. The fourth-order valence-corrected chi connectivity index (χ4v) is 4.51. The summed E-state index contributed by atoms with van der Waals surface area (Å²) in [5.74, 6) is -0.589. The Bertz CT molecular complexity index is 942. The van der Waals surface area contributed by atoms with E-state index in [4.69, 9.17) is 4.84 Å². The lowest BCUT2D eigenvalue weighted by Gasteiger charge is -2.26. The van der Waals surface area contributed by atoms with Gasteiger partial charge >= 0.3 is 5.97 Å². The summed E-state index contributed by atoms with van der Waals surface area (Å²) in [5, 5.41) is 5.75. The number of nitrogens with zero attached hydrogens (tertiary/aromatic N) is 1.